The summed E-state index contributed by atoms with van der Waals surface area (Å²) in [7, 11) is 1.51. The predicted octanol–water partition coefficient (Wildman–Crippen LogP) is 4.87. The fraction of sp³-hybridized carbons (Fsp3) is 0.667. The fourth-order valence-electron chi connectivity index (χ4n) is 1.32. The second-order valence-corrected chi connectivity index (χ2v) is 9.03. The van der Waals surface area contributed by atoms with Crippen LogP contribution in [-0.4, -0.2) is 29.6 Å². The van der Waals surface area contributed by atoms with Gasteiger partial charge in [-0.3, -0.25) is 4.84 Å². The van der Waals surface area contributed by atoms with Gasteiger partial charge in [-0.05, 0) is 0 Å². The lowest BCUT2D eigenvalue weighted by atomic mass is 9.91. The molecule has 0 aliphatic heterocycles. The van der Waals surface area contributed by atoms with Crippen LogP contribution in [0.1, 0.15) is 47.2 Å². The second kappa shape index (κ2) is 9.03. The Balaban J connectivity index is 0.00000484. The van der Waals surface area contributed by atoms with Crippen molar-refractivity contribution in [3.05, 3.63) is 11.1 Å². The Hall–Kier alpha value is -0.600. The molecule has 1 aromatic rings. The number of thioether (sulfide) groups is 1. The first-order valence-corrected chi connectivity index (χ1v) is 8.95. The Morgan fingerprint density at radius 3 is 2.39 bits per heavy atom. The van der Waals surface area contributed by atoms with Crippen molar-refractivity contribution in [1.82, 2.24) is 10.3 Å². The molecule has 0 spiro atoms. The van der Waals surface area contributed by atoms with Gasteiger partial charge in [-0.15, -0.1) is 28.3 Å². The van der Waals surface area contributed by atoms with Crippen molar-refractivity contribution in [1.29, 1.82) is 0 Å². The van der Waals surface area contributed by atoms with Gasteiger partial charge in [0.05, 0.1) is 11.4 Å². The first-order chi connectivity index (χ1) is 10.0. The maximum atomic E-state index is 11.2. The van der Waals surface area contributed by atoms with Crippen LogP contribution < -0.4 is 5.32 Å². The molecule has 0 unspecified atom stereocenters. The standard InChI is InChI=1S/C15H25N3O2S2.BrH/c1-14(2,3)10-8-21-13(17-10)22-9-11(15(4,5)6)18-20-12(19)16-7;/h8H,9H2,1-7H3,(H,16,19);1H. The summed E-state index contributed by atoms with van der Waals surface area (Å²) in [5.74, 6) is 0.636. The summed E-state index contributed by atoms with van der Waals surface area (Å²) >= 11 is 3.25. The Labute approximate surface area is 157 Å². The minimum atomic E-state index is -0.559. The van der Waals surface area contributed by atoms with Crippen molar-refractivity contribution in [2.24, 2.45) is 10.6 Å². The van der Waals surface area contributed by atoms with E-state index in [9.17, 15) is 4.79 Å². The van der Waals surface area contributed by atoms with Crippen molar-refractivity contribution in [3.63, 3.8) is 0 Å². The number of hydrogen-bond acceptors (Lipinski definition) is 6. The summed E-state index contributed by atoms with van der Waals surface area (Å²) in [6, 6.07) is 0. The van der Waals surface area contributed by atoms with E-state index < -0.39 is 6.09 Å². The summed E-state index contributed by atoms with van der Waals surface area (Å²) in [6.07, 6.45) is -0.559. The molecule has 0 saturated heterocycles. The topological polar surface area (TPSA) is 63.6 Å². The maximum absolute atomic E-state index is 11.2. The van der Waals surface area contributed by atoms with Crippen LogP contribution in [0.4, 0.5) is 4.79 Å². The van der Waals surface area contributed by atoms with E-state index in [1.165, 1.54) is 7.05 Å². The molecule has 1 N–H and O–H groups in total. The fourth-order valence-corrected chi connectivity index (χ4v) is 3.59. The molecule has 0 bridgehead atoms. The van der Waals surface area contributed by atoms with E-state index in [1.807, 2.05) is 20.8 Å². The largest absolute Gasteiger partial charge is 0.433 e. The van der Waals surface area contributed by atoms with Gasteiger partial charge in [0.25, 0.3) is 0 Å². The van der Waals surface area contributed by atoms with Gasteiger partial charge in [-0.2, -0.15) is 0 Å². The summed E-state index contributed by atoms with van der Waals surface area (Å²) in [5, 5.41) is 8.47. The van der Waals surface area contributed by atoms with Crippen LogP contribution in [0.5, 0.6) is 0 Å². The number of oxime groups is 1. The van der Waals surface area contributed by atoms with E-state index in [-0.39, 0.29) is 27.8 Å². The molecule has 23 heavy (non-hydrogen) atoms. The van der Waals surface area contributed by atoms with Crippen molar-refractivity contribution >= 4 is 51.9 Å². The Kier molecular flexibility index (Phi) is 8.80. The van der Waals surface area contributed by atoms with E-state index >= 15 is 0 Å². The molecule has 0 aliphatic carbocycles. The van der Waals surface area contributed by atoms with Crippen molar-refractivity contribution in [2.45, 2.75) is 51.3 Å². The van der Waals surface area contributed by atoms with Gasteiger partial charge in [0.15, 0.2) is 4.34 Å². The van der Waals surface area contributed by atoms with Crippen LogP contribution >= 0.6 is 40.1 Å². The van der Waals surface area contributed by atoms with Crippen molar-refractivity contribution < 1.29 is 9.63 Å². The number of hydrogen-bond donors (Lipinski definition) is 1. The third kappa shape index (κ3) is 7.67. The summed E-state index contributed by atoms with van der Waals surface area (Å²) in [4.78, 5) is 20.7. The molecule has 132 valence electrons. The molecule has 5 nitrogen and oxygen atoms in total. The minimum Gasteiger partial charge on any atom is -0.323 e. The van der Waals surface area contributed by atoms with Crippen LogP contribution in [0.3, 0.4) is 0 Å². The molecular weight excluding hydrogens is 398 g/mol. The molecule has 1 amide bonds. The van der Waals surface area contributed by atoms with Crippen molar-refractivity contribution in [2.75, 3.05) is 12.8 Å². The highest BCUT2D eigenvalue weighted by atomic mass is 79.9. The number of aromatic nitrogens is 1. The highest BCUT2D eigenvalue weighted by Gasteiger charge is 2.22. The number of carbonyl (C=O) groups is 1. The zero-order valence-electron chi connectivity index (χ0n) is 14.7. The third-order valence-electron chi connectivity index (χ3n) is 2.89. The highest BCUT2D eigenvalue weighted by molar-refractivity contribution is 8.93. The summed E-state index contributed by atoms with van der Waals surface area (Å²) in [5.41, 5.74) is 1.79. The molecule has 1 aromatic heterocycles. The number of carbonyl (C=O) groups excluding carboxylic acids is 1. The quantitative estimate of drug-likeness (QED) is 0.324. The average molecular weight is 424 g/mol. The predicted molar refractivity (Wildman–Crippen MR) is 104 cm³/mol. The molecule has 0 aliphatic rings. The molecule has 0 saturated carbocycles. The smallest absolute Gasteiger partial charge is 0.323 e. The van der Waals surface area contributed by atoms with Gasteiger partial charge in [-0.25, -0.2) is 9.78 Å². The van der Waals surface area contributed by atoms with E-state index in [2.05, 4.69) is 41.6 Å². The molecule has 0 fully saturated rings. The first kappa shape index (κ1) is 22.4. The van der Waals surface area contributed by atoms with E-state index in [0.717, 1.165) is 15.7 Å². The Morgan fingerprint density at radius 1 is 1.35 bits per heavy atom. The number of amides is 1. The van der Waals surface area contributed by atoms with Gasteiger partial charge >= 0.3 is 6.09 Å². The number of halogens is 1. The molecule has 0 atom stereocenters. The Bertz CT molecular complexity index is 546. The summed E-state index contributed by atoms with van der Waals surface area (Å²) < 4.78 is 1.00. The van der Waals surface area contributed by atoms with Gasteiger partial charge < -0.3 is 5.32 Å². The Morgan fingerprint density at radius 2 is 1.96 bits per heavy atom. The van der Waals surface area contributed by atoms with Gasteiger partial charge in [-0.1, -0.05) is 58.5 Å². The van der Waals surface area contributed by atoms with E-state index in [0.29, 0.717) is 5.75 Å². The van der Waals surface area contributed by atoms with E-state index in [1.54, 1.807) is 23.1 Å². The number of thiazole rings is 1. The molecule has 0 aromatic carbocycles. The van der Waals surface area contributed by atoms with Gasteiger partial charge in [0, 0.05) is 29.0 Å². The second-order valence-electron chi connectivity index (χ2n) is 6.95. The number of rotatable bonds is 4. The monoisotopic (exact) mass is 423 g/mol. The first-order valence-electron chi connectivity index (χ1n) is 7.09. The summed E-state index contributed by atoms with van der Waals surface area (Å²) in [6.45, 7) is 12.6. The van der Waals surface area contributed by atoms with Crippen LogP contribution in [0.15, 0.2) is 14.9 Å². The number of nitrogens with one attached hydrogen (secondary N) is 1. The molecule has 0 radical (unpaired) electrons. The molecule has 8 heteroatoms. The lowest BCUT2D eigenvalue weighted by molar-refractivity contribution is 0.152. The molecule has 1 heterocycles. The van der Waals surface area contributed by atoms with E-state index in [4.69, 9.17) is 4.84 Å². The lowest BCUT2D eigenvalue weighted by Gasteiger charge is -2.19. The van der Waals surface area contributed by atoms with Crippen molar-refractivity contribution in [3.8, 4) is 0 Å². The molecule has 1 rings (SSSR count). The minimum absolute atomic E-state index is 0. The van der Waals surface area contributed by atoms with Crippen LogP contribution in [0, 0.1) is 5.41 Å². The average Bonchev–Trinajstić information content (AvgIpc) is 2.85. The third-order valence-corrected chi connectivity index (χ3v) is 4.92. The van der Waals surface area contributed by atoms with Crippen LogP contribution in [-0.2, 0) is 10.3 Å². The lowest BCUT2D eigenvalue weighted by Crippen LogP contribution is -2.25. The maximum Gasteiger partial charge on any atom is 0.433 e. The zero-order valence-corrected chi connectivity index (χ0v) is 18.1. The van der Waals surface area contributed by atoms with Crippen LogP contribution in [0.2, 0.25) is 0 Å². The normalized spacial score (nSPS) is 12.6. The zero-order chi connectivity index (χ0) is 17.0. The number of nitrogens with zero attached hydrogens (tertiary/aromatic N) is 2. The van der Waals surface area contributed by atoms with Crippen LogP contribution in [0.25, 0.3) is 0 Å². The SMILES string of the molecule is Br.CNC(=O)ON=C(CSc1nc(C(C)(C)C)cs1)C(C)(C)C. The van der Waals surface area contributed by atoms with Gasteiger partial charge in [0.2, 0.25) is 0 Å². The molecular formula is C15H26BrN3O2S2. The highest BCUT2D eigenvalue weighted by Crippen LogP contribution is 2.30. The van der Waals surface area contributed by atoms with Gasteiger partial charge in [0.1, 0.15) is 0 Å².